The van der Waals surface area contributed by atoms with Gasteiger partial charge in [-0.25, -0.2) is 4.79 Å². The van der Waals surface area contributed by atoms with Crippen molar-refractivity contribution >= 4 is 48.2 Å². The van der Waals surface area contributed by atoms with Crippen molar-refractivity contribution in [2.24, 2.45) is 17.4 Å². The number of hydrogen-bond donors (Lipinski definition) is 8. The highest BCUT2D eigenvalue weighted by atomic mass is 32.1. The Bertz CT molecular complexity index is 702. The van der Waals surface area contributed by atoms with Gasteiger partial charge in [-0.2, -0.15) is 12.6 Å². The molecule has 9 N–H and O–H groups in total. The van der Waals surface area contributed by atoms with Gasteiger partial charge in [-0.1, -0.05) is 13.8 Å². The van der Waals surface area contributed by atoms with Crippen molar-refractivity contribution in [1.82, 2.24) is 16.0 Å². The van der Waals surface area contributed by atoms with Crippen LogP contribution in [0.15, 0.2) is 0 Å². The number of nitrogens with two attached hydrogens (primary N) is 2. The molecule has 0 fully saturated rings. The molecule has 0 saturated heterocycles. The molecule has 13 nitrogen and oxygen atoms in total. The minimum Gasteiger partial charge on any atom is -0.481 e. The number of carboxylic acid groups (broad SMARTS) is 2. The predicted octanol–water partition coefficient (Wildman–Crippen LogP) is -2.82. The molecule has 0 aromatic rings. The van der Waals surface area contributed by atoms with Crippen LogP contribution in [0.2, 0.25) is 0 Å². The topological polar surface area (TPSA) is 231 Å². The highest BCUT2D eigenvalue weighted by Gasteiger charge is 2.32. The molecule has 0 spiro atoms. The summed E-state index contributed by atoms with van der Waals surface area (Å²) in [7, 11) is 0. The van der Waals surface area contributed by atoms with Gasteiger partial charge in [-0.15, -0.1) is 0 Å². The van der Waals surface area contributed by atoms with E-state index in [2.05, 4.69) is 28.6 Å². The summed E-state index contributed by atoms with van der Waals surface area (Å²) in [5, 5.41) is 24.7. The van der Waals surface area contributed by atoms with Gasteiger partial charge in [0.15, 0.2) is 0 Å². The van der Waals surface area contributed by atoms with Crippen LogP contribution in [0.4, 0.5) is 0 Å². The third-order valence-electron chi connectivity index (χ3n) is 3.91. The van der Waals surface area contributed by atoms with Crippen molar-refractivity contribution < 1.29 is 39.0 Å². The minimum atomic E-state index is -1.62. The molecule has 31 heavy (non-hydrogen) atoms. The number of rotatable bonds is 14. The summed E-state index contributed by atoms with van der Waals surface area (Å²) in [6.07, 6.45) is -1.44. The van der Waals surface area contributed by atoms with Crippen molar-refractivity contribution in [2.45, 2.75) is 57.3 Å². The summed E-state index contributed by atoms with van der Waals surface area (Å²) in [6.45, 7) is 3.47. The zero-order valence-corrected chi connectivity index (χ0v) is 18.1. The molecule has 4 unspecified atom stereocenters. The van der Waals surface area contributed by atoms with Gasteiger partial charge in [0.05, 0.1) is 18.9 Å². The fourth-order valence-corrected chi connectivity index (χ4v) is 2.56. The van der Waals surface area contributed by atoms with Crippen LogP contribution in [-0.2, 0) is 28.8 Å². The number of nitrogens with one attached hydrogen (secondary N) is 3. The Balaban J connectivity index is 5.51. The molecule has 0 bridgehead atoms. The average molecular weight is 464 g/mol. The number of thiol groups is 1. The first-order valence-corrected chi connectivity index (χ1v) is 9.92. The Hall–Kier alpha value is -2.87. The summed E-state index contributed by atoms with van der Waals surface area (Å²) in [5.41, 5.74) is 10.6. The number of aliphatic carboxylic acids is 2. The number of amides is 4. The number of carbonyl (C=O) groups is 6. The van der Waals surface area contributed by atoms with Crippen molar-refractivity contribution in [2.75, 3.05) is 5.75 Å². The molecule has 4 amide bonds. The van der Waals surface area contributed by atoms with Crippen molar-refractivity contribution in [3.63, 3.8) is 0 Å². The maximum atomic E-state index is 12.5. The molecule has 0 radical (unpaired) electrons. The van der Waals surface area contributed by atoms with Crippen LogP contribution >= 0.6 is 12.6 Å². The van der Waals surface area contributed by atoms with E-state index in [1.165, 1.54) is 0 Å². The van der Waals surface area contributed by atoms with Gasteiger partial charge in [-0.3, -0.25) is 24.0 Å². The van der Waals surface area contributed by atoms with Gasteiger partial charge >= 0.3 is 11.9 Å². The van der Waals surface area contributed by atoms with E-state index in [1.54, 1.807) is 13.8 Å². The van der Waals surface area contributed by atoms with Gasteiger partial charge in [0.25, 0.3) is 0 Å². The molecule has 0 aliphatic carbocycles. The summed E-state index contributed by atoms with van der Waals surface area (Å²) in [5.74, 6) is -6.85. The first kappa shape index (κ1) is 28.1. The third-order valence-corrected chi connectivity index (χ3v) is 4.30. The largest absolute Gasteiger partial charge is 0.481 e. The van der Waals surface area contributed by atoms with Crippen molar-refractivity contribution in [1.29, 1.82) is 0 Å². The second-order valence-electron chi connectivity index (χ2n) is 7.21. The number of hydrogen-bond acceptors (Lipinski definition) is 8. The quantitative estimate of drug-likeness (QED) is 0.124. The van der Waals surface area contributed by atoms with Crippen molar-refractivity contribution in [3.05, 3.63) is 0 Å². The van der Waals surface area contributed by atoms with Crippen LogP contribution in [0.25, 0.3) is 0 Å². The van der Waals surface area contributed by atoms with Crippen LogP contribution in [0.5, 0.6) is 0 Å². The van der Waals surface area contributed by atoms with E-state index in [0.717, 1.165) is 0 Å². The monoisotopic (exact) mass is 463 g/mol. The Kier molecular flexibility index (Phi) is 12.2. The lowest BCUT2D eigenvalue weighted by Gasteiger charge is -2.24. The van der Waals surface area contributed by atoms with Crippen LogP contribution in [0.1, 0.15) is 33.1 Å². The Morgan fingerprint density at radius 1 is 0.839 bits per heavy atom. The molecular formula is C17H29N5O8S. The van der Waals surface area contributed by atoms with Gasteiger partial charge in [-0.05, 0) is 12.3 Å². The van der Waals surface area contributed by atoms with E-state index in [4.69, 9.17) is 16.6 Å². The second-order valence-corrected chi connectivity index (χ2v) is 7.57. The molecule has 14 heteroatoms. The highest BCUT2D eigenvalue weighted by molar-refractivity contribution is 7.80. The molecule has 176 valence electrons. The van der Waals surface area contributed by atoms with Crippen LogP contribution in [-0.4, -0.2) is 75.7 Å². The lowest BCUT2D eigenvalue weighted by molar-refractivity contribution is -0.143. The number of primary amides is 1. The highest BCUT2D eigenvalue weighted by Crippen LogP contribution is 2.06. The summed E-state index contributed by atoms with van der Waals surface area (Å²) in [4.78, 5) is 70.7. The van der Waals surface area contributed by atoms with Gasteiger partial charge < -0.3 is 37.6 Å². The fraction of sp³-hybridized carbons (Fsp3) is 0.647. The smallest absolute Gasteiger partial charge is 0.326 e. The zero-order valence-electron chi connectivity index (χ0n) is 17.2. The SMILES string of the molecule is CC(C)CC(NC(=O)C(CC(N)=O)NC(=O)C(CC(=O)O)NC(=O)C(N)CS)C(=O)O. The first-order chi connectivity index (χ1) is 14.3. The van der Waals surface area contributed by atoms with Gasteiger partial charge in [0.2, 0.25) is 23.6 Å². The van der Waals surface area contributed by atoms with Crippen LogP contribution < -0.4 is 27.4 Å². The maximum absolute atomic E-state index is 12.5. The molecule has 0 aliphatic heterocycles. The Morgan fingerprint density at radius 2 is 1.29 bits per heavy atom. The minimum absolute atomic E-state index is 0.0770. The number of carboxylic acids is 2. The summed E-state index contributed by atoms with van der Waals surface area (Å²) in [6, 6.07) is -5.62. The number of carbonyl (C=O) groups excluding carboxylic acids is 4. The molecule has 0 saturated carbocycles. The van der Waals surface area contributed by atoms with E-state index >= 15 is 0 Å². The van der Waals surface area contributed by atoms with E-state index in [-0.39, 0.29) is 18.1 Å². The van der Waals surface area contributed by atoms with Gasteiger partial charge in [0.1, 0.15) is 18.1 Å². The summed E-state index contributed by atoms with van der Waals surface area (Å²) < 4.78 is 0. The summed E-state index contributed by atoms with van der Waals surface area (Å²) >= 11 is 3.84. The lowest BCUT2D eigenvalue weighted by Crippen LogP contribution is -2.58. The van der Waals surface area contributed by atoms with E-state index in [1.807, 2.05) is 0 Å². The standard InChI is InChI=1S/C17H29N5O8S/c1-7(2)3-11(17(29)30)22-15(27)9(4-12(19)23)21-16(28)10(5-13(24)25)20-14(26)8(18)6-31/h7-11,31H,3-6,18H2,1-2H3,(H2,19,23)(H,20,26)(H,21,28)(H,22,27)(H,24,25)(H,29,30). The predicted molar refractivity (Wildman–Crippen MR) is 111 cm³/mol. The van der Waals surface area contributed by atoms with Crippen LogP contribution in [0, 0.1) is 5.92 Å². The maximum Gasteiger partial charge on any atom is 0.326 e. The molecule has 0 aromatic carbocycles. The first-order valence-electron chi connectivity index (χ1n) is 9.28. The van der Waals surface area contributed by atoms with E-state index < -0.39 is 72.6 Å². The van der Waals surface area contributed by atoms with Crippen LogP contribution in [0.3, 0.4) is 0 Å². The zero-order chi connectivity index (χ0) is 24.3. The molecule has 4 atom stereocenters. The van der Waals surface area contributed by atoms with E-state index in [9.17, 15) is 33.9 Å². The molecule has 0 rings (SSSR count). The third kappa shape index (κ3) is 11.2. The molecular weight excluding hydrogens is 434 g/mol. The lowest BCUT2D eigenvalue weighted by atomic mass is 10.0. The molecule has 0 heterocycles. The van der Waals surface area contributed by atoms with E-state index in [0.29, 0.717) is 0 Å². The van der Waals surface area contributed by atoms with Gasteiger partial charge in [0, 0.05) is 5.75 Å². The average Bonchev–Trinajstić information content (AvgIpc) is 2.64. The second kappa shape index (κ2) is 13.4. The molecule has 0 aromatic heterocycles. The Morgan fingerprint density at radius 3 is 1.68 bits per heavy atom. The van der Waals surface area contributed by atoms with Crippen molar-refractivity contribution in [3.8, 4) is 0 Å². The molecule has 0 aliphatic rings. The fourth-order valence-electron chi connectivity index (χ4n) is 2.39. The normalized spacial score (nSPS) is 14.6. The Labute approximate surface area is 184 Å².